The van der Waals surface area contributed by atoms with Gasteiger partial charge in [0.15, 0.2) is 0 Å². The Morgan fingerprint density at radius 1 is 1.42 bits per heavy atom. The molecule has 1 aromatic heterocycles. The van der Waals surface area contributed by atoms with Crippen LogP contribution in [-0.2, 0) is 10.9 Å². The van der Waals surface area contributed by atoms with Crippen LogP contribution in [0.25, 0.3) is 0 Å². The van der Waals surface area contributed by atoms with Crippen LogP contribution in [0.1, 0.15) is 19.4 Å². The van der Waals surface area contributed by atoms with Gasteiger partial charge < -0.3 is 10.1 Å². The summed E-state index contributed by atoms with van der Waals surface area (Å²) >= 11 is 5.82. The summed E-state index contributed by atoms with van der Waals surface area (Å²) in [6.45, 7) is 4.35. The normalized spacial score (nSPS) is 13.7. The van der Waals surface area contributed by atoms with E-state index in [4.69, 9.17) is 16.3 Å². The third kappa shape index (κ3) is 4.54. The van der Waals surface area contributed by atoms with Crippen LogP contribution in [0.2, 0.25) is 5.02 Å². The molecule has 1 aromatic rings. The van der Waals surface area contributed by atoms with Crippen molar-refractivity contribution in [3.8, 4) is 0 Å². The zero-order valence-corrected chi connectivity index (χ0v) is 11.6. The quantitative estimate of drug-likeness (QED) is 0.896. The maximum atomic E-state index is 12.5. The molecular formula is C12H16ClF3N2O. The molecule has 0 spiro atoms. The number of alkyl halides is 3. The van der Waals surface area contributed by atoms with Crippen molar-refractivity contribution in [2.75, 3.05) is 19.0 Å². The molecule has 1 N–H and O–H groups in total. The number of halogens is 4. The highest BCUT2D eigenvalue weighted by Gasteiger charge is 2.31. The molecule has 0 aliphatic heterocycles. The van der Waals surface area contributed by atoms with E-state index in [1.165, 1.54) is 0 Å². The highest BCUT2D eigenvalue weighted by Crippen LogP contribution is 2.32. The van der Waals surface area contributed by atoms with Crippen LogP contribution < -0.4 is 5.32 Å². The standard InChI is InChI=1S/C12H16ClF3N2O/c1-7(2)10(6-19-3)18-11-9(13)4-8(5-17-11)12(14,15)16/h4-5,7,10H,6H2,1-3H3,(H,17,18). The second-order valence-electron chi connectivity index (χ2n) is 4.50. The van der Waals surface area contributed by atoms with E-state index in [1.54, 1.807) is 7.11 Å². The first-order valence-corrected chi connectivity index (χ1v) is 6.11. The first kappa shape index (κ1) is 16.0. The van der Waals surface area contributed by atoms with E-state index < -0.39 is 11.7 Å². The Hall–Kier alpha value is -1.01. The summed E-state index contributed by atoms with van der Waals surface area (Å²) in [5, 5.41) is 2.93. The monoisotopic (exact) mass is 296 g/mol. The fraction of sp³-hybridized carbons (Fsp3) is 0.583. The summed E-state index contributed by atoms with van der Waals surface area (Å²) in [6, 6.07) is 0.785. The van der Waals surface area contributed by atoms with Crippen LogP contribution in [0, 0.1) is 5.92 Å². The van der Waals surface area contributed by atoms with Gasteiger partial charge in [-0.25, -0.2) is 4.98 Å². The topological polar surface area (TPSA) is 34.1 Å². The largest absolute Gasteiger partial charge is 0.417 e. The van der Waals surface area contributed by atoms with Gasteiger partial charge >= 0.3 is 6.18 Å². The molecule has 19 heavy (non-hydrogen) atoms. The van der Waals surface area contributed by atoms with Gasteiger partial charge in [-0.15, -0.1) is 0 Å². The molecule has 0 aromatic carbocycles. The van der Waals surface area contributed by atoms with E-state index in [2.05, 4.69) is 10.3 Å². The number of nitrogens with zero attached hydrogens (tertiary/aromatic N) is 1. The molecule has 0 bridgehead atoms. The number of methoxy groups -OCH3 is 1. The molecule has 1 unspecified atom stereocenters. The molecule has 0 radical (unpaired) electrons. The van der Waals surface area contributed by atoms with Crippen molar-refractivity contribution in [2.45, 2.75) is 26.1 Å². The average molecular weight is 297 g/mol. The number of pyridine rings is 1. The van der Waals surface area contributed by atoms with Crippen LogP contribution in [0.3, 0.4) is 0 Å². The number of anilines is 1. The van der Waals surface area contributed by atoms with Crippen molar-refractivity contribution in [1.29, 1.82) is 0 Å². The summed E-state index contributed by atoms with van der Waals surface area (Å²) in [5.74, 6) is 0.450. The van der Waals surface area contributed by atoms with Gasteiger partial charge in [-0.3, -0.25) is 0 Å². The molecule has 0 saturated heterocycles. The van der Waals surface area contributed by atoms with Crippen molar-refractivity contribution in [3.05, 3.63) is 22.8 Å². The van der Waals surface area contributed by atoms with Gasteiger partial charge in [0, 0.05) is 13.3 Å². The minimum Gasteiger partial charge on any atom is -0.383 e. The minimum atomic E-state index is -4.45. The molecule has 7 heteroatoms. The summed E-state index contributed by atoms with van der Waals surface area (Å²) < 4.78 is 42.5. The number of hydrogen-bond donors (Lipinski definition) is 1. The second kappa shape index (κ2) is 6.43. The fourth-order valence-electron chi connectivity index (χ4n) is 1.46. The van der Waals surface area contributed by atoms with Gasteiger partial charge in [-0.05, 0) is 12.0 Å². The van der Waals surface area contributed by atoms with Crippen molar-refractivity contribution < 1.29 is 17.9 Å². The van der Waals surface area contributed by atoms with Crippen molar-refractivity contribution in [2.24, 2.45) is 5.92 Å². The number of ether oxygens (including phenoxy) is 1. The van der Waals surface area contributed by atoms with Crippen LogP contribution in [0.15, 0.2) is 12.3 Å². The van der Waals surface area contributed by atoms with E-state index in [9.17, 15) is 13.2 Å². The summed E-state index contributed by atoms with van der Waals surface area (Å²) in [6.07, 6.45) is -3.68. The number of aromatic nitrogens is 1. The Kier molecular flexibility index (Phi) is 5.43. The molecule has 0 aliphatic rings. The molecule has 0 fully saturated rings. The van der Waals surface area contributed by atoms with E-state index in [-0.39, 0.29) is 22.8 Å². The minimum absolute atomic E-state index is 0.0587. The molecule has 3 nitrogen and oxygen atoms in total. The lowest BCUT2D eigenvalue weighted by Crippen LogP contribution is -2.31. The van der Waals surface area contributed by atoms with E-state index in [1.807, 2.05) is 13.8 Å². The fourth-order valence-corrected chi connectivity index (χ4v) is 1.68. The molecule has 1 heterocycles. The van der Waals surface area contributed by atoms with Gasteiger partial charge in [0.25, 0.3) is 0 Å². The second-order valence-corrected chi connectivity index (χ2v) is 4.91. The Balaban J connectivity index is 2.90. The Bertz CT molecular complexity index is 424. The lowest BCUT2D eigenvalue weighted by Gasteiger charge is -2.22. The zero-order chi connectivity index (χ0) is 14.6. The number of rotatable bonds is 5. The lowest BCUT2D eigenvalue weighted by atomic mass is 10.1. The molecule has 1 atom stereocenters. The predicted molar refractivity (Wildman–Crippen MR) is 68.4 cm³/mol. The molecule has 0 saturated carbocycles. The van der Waals surface area contributed by atoms with Crippen molar-refractivity contribution >= 4 is 17.4 Å². The Morgan fingerprint density at radius 2 is 2.05 bits per heavy atom. The third-order valence-corrected chi connectivity index (χ3v) is 2.93. The van der Waals surface area contributed by atoms with Gasteiger partial charge in [-0.2, -0.15) is 13.2 Å². The van der Waals surface area contributed by atoms with E-state index in [0.717, 1.165) is 12.3 Å². The predicted octanol–water partition coefficient (Wildman–Crippen LogP) is 3.84. The maximum absolute atomic E-state index is 12.5. The Labute approximate surface area is 115 Å². The van der Waals surface area contributed by atoms with Gasteiger partial charge in [0.1, 0.15) is 5.82 Å². The summed E-state index contributed by atoms with van der Waals surface area (Å²) in [7, 11) is 1.55. The molecule has 0 amide bonds. The van der Waals surface area contributed by atoms with E-state index in [0.29, 0.717) is 6.61 Å². The number of hydrogen-bond acceptors (Lipinski definition) is 3. The molecule has 108 valence electrons. The summed E-state index contributed by atoms with van der Waals surface area (Å²) in [5.41, 5.74) is -0.865. The maximum Gasteiger partial charge on any atom is 0.417 e. The van der Waals surface area contributed by atoms with Crippen LogP contribution in [0.4, 0.5) is 19.0 Å². The third-order valence-electron chi connectivity index (χ3n) is 2.64. The molecule has 0 aliphatic carbocycles. The van der Waals surface area contributed by atoms with Crippen LogP contribution in [-0.4, -0.2) is 24.7 Å². The lowest BCUT2D eigenvalue weighted by molar-refractivity contribution is -0.137. The Morgan fingerprint density at radius 3 is 2.47 bits per heavy atom. The van der Waals surface area contributed by atoms with Gasteiger partial charge in [0.2, 0.25) is 0 Å². The smallest absolute Gasteiger partial charge is 0.383 e. The highest BCUT2D eigenvalue weighted by molar-refractivity contribution is 6.33. The van der Waals surface area contributed by atoms with Crippen molar-refractivity contribution in [1.82, 2.24) is 4.98 Å². The SMILES string of the molecule is COCC(Nc1ncc(C(F)(F)F)cc1Cl)C(C)C. The highest BCUT2D eigenvalue weighted by atomic mass is 35.5. The van der Waals surface area contributed by atoms with Crippen molar-refractivity contribution in [3.63, 3.8) is 0 Å². The zero-order valence-electron chi connectivity index (χ0n) is 10.9. The first-order valence-electron chi connectivity index (χ1n) is 5.74. The number of nitrogens with one attached hydrogen (secondary N) is 1. The summed E-state index contributed by atoms with van der Waals surface area (Å²) in [4.78, 5) is 3.73. The van der Waals surface area contributed by atoms with Gasteiger partial charge in [-0.1, -0.05) is 25.4 Å². The van der Waals surface area contributed by atoms with E-state index >= 15 is 0 Å². The molecular weight excluding hydrogens is 281 g/mol. The van der Waals surface area contributed by atoms with Crippen LogP contribution in [0.5, 0.6) is 0 Å². The first-order chi connectivity index (χ1) is 8.75. The average Bonchev–Trinajstić information content (AvgIpc) is 2.29. The van der Waals surface area contributed by atoms with Gasteiger partial charge in [0.05, 0.1) is 23.2 Å². The molecule has 1 rings (SSSR count). The van der Waals surface area contributed by atoms with Crippen LogP contribution >= 0.6 is 11.6 Å².